The van der Waals surface area contributed by atoms with E-state index in [-0.39, 0.29) is 23.0 Å². The predicted octanol–water partition coefficient (Wildman–Crippen LogP) is 4.18. The summed E-state index contributed by atoms with van der Waals surface area (Å²) in [6.45, 7) is 0. The maximum Gasteiger partial charge on any atom is 0.458 e. The normalized spacial score (nSPS) is 12.7. The smallest absolute Gasteiger partial charge is 0.320 e. The number of carbonyl (C=O) groups is 1. The first-order chi connectivity index (χ1) is 11.4. The van der Waals surface area contributed by atoms with Gasteiger partial charge in [-0.1, -0.05) is 17.6 Å². The molecule has 0 radical (unpaired) electrons. The Morgan fingerprint density at radius 2 is 1.92 bits per heavy atom. The fraction of sp³-hybridized carbons (Fsp3) is 0.154. The first-order valence-corrected chi connectivity index (χ1v) is 6.36. The topological polar surface area (TPSA) is 54.9 Å². The number of halogens is 7. The Bertz CT molecular complexity index is 830. The van der Waals surface area contributed by atoms with Crippen LogP contribution in [0.15, 0.2) is 30.4 Å². The summed E-state index contributed by atoms with van der Waals surface area (Å²) in [5, 5.41) is 8.76. The molecule has 1 aromatic heterocycles. The van der Waals surface area contributed by atoms with Crippen LogP contribution in [-0.4, -0.2) is 22.3 Å². The molecule has 0 unspecified atom stereocenters. The lowest BCUT2D eigenvalue weighted by Gasteiger charge is -2.20. The van der Waals surface area contributed by atoms with Crippen molar-refractivity contribution in [2.75, 3.05) is 5.32 Å². The summed E-state index contributed by atoms with van der Waals surface area (Å²) in [7, 11) is 0. The van der Waals surface area contributed by atoms with E-state index in [1.165, 1.54) is 0 Å². The van der Waals surface area contributed by atoms with Gasteiger partial charge in [0.1, 0.15) is 5.82 Å². The standard InChI is InChI=1S/C13H6ClF6N3O/c14-10-4-7(5-21-23-10)22-11(24)8-2-1-6(3-9(8)15)12(16,17)13(18,19)20/h1-5H,(H,22,23,24)/i1D. The zero-order valence-corrected chi connectivity index (χ0v) is 12.0. The van der Waals surface area contributed by atoms with E-state index in [0.717, 1.165) is 12.3 Å². The number of hydrogen-bond acceptors (Lipinski definition) is 3. The molecule has 1 amide bonds. The van der Waals surface area contributed by atoms with Gasteiger partial charge in [-0.15, -0.1) is 5.10 Å². The highest BCUT2D eigenvalue weighted by molar-refractivity contribution is 6.29. The molecule has 0 spiro atoms. The Labute approximate surface area is 136 Å². The molecule has 128 valence electrons. The average molecular weight is 371 g/mol. The minimum absolute atomic E-state index is 0.0272. The molecule has 0 aliphatic heterocycles. The Morgan fingerprint density at radius 1 is 1.25 bits per heavy atom. The van der Waals surface area contributed by atoms with Crippen molar-refractivity contribution in [2.45, 2.75) is 12.1 Å². The number of anilines is 1. The van der Waals surface area contributed by atoms with Gasteiger partial charge in [-0.2, -0.15) is 27.1 Å². The molecule has 4 nitrogen and oxygen atoms in total. The third-order valence-electron chi connectivity index (χ3n) is 2.72. The zero-order valence-electron chi connectivity index (χ0n) is 12.3. The van der Waals surface area contributed by atoms with Gasteiger partial charge in [-0.25, -0.2) is 4.39 Å². The van der Waals surface area contributed by atoms with Gasteiger partial charge in [0, 0.05) is 11.6 Å². The van der Waals surface area contributed by atoms with Crippen molar-refractivity contribution in [2.24, 2.45) is 0 Å². The maximum atomic E-state index is 13.9. The first-order valence-electron chi connectivity index (χ1n) is 6.48. The van der Waals surface area contributed by atoms with Gasteiger partial charge in [0.05, 0.1) is 18.8 Å². The van der Waals surface area contributed by atoms with E-state index in [1.54, 1.807) is 0 Å². The summed E-state index contributed by atoms with van der Waals surface area (Å²) in [6.07, 6.45) is -4.98. The number of alkyl halides is 5. The van der Waals surface area contributed by atoms with Crippen LogP contribution >= 0.6 is 11.6 Å². The highest BCUT2D eigenvalue weighted by Gasteiger charge is 2.58. The average Bonchev–Trinajstić information content (AvgIpc) is 2.47. The molecule has 24 heavy (non-hydrogen) atoms. The molecular weight excluding hydrogens is 364 g/mol. The van der Waals surface area contributed by atoms with Crippen LogP contribution in [0.1, 0.15) is 17.3 Å². The quantitative estimate of drug-likeness (QED) is 0.825. The van der Waals surface area contributed by atoms with E-state index in [2.05, 4.69) is 15.5 Å². The Kier molecular flexibility index (Phi) is 4.31. The number of hydrogen-bond donors (Lipinski definition) is 1. The second kappa shape index (κ2) is 6.27. The van der Waals surface area contributed by atoms with Crippen LogP contribution in [0.2, 0.25) is 5.15 Å². The van der Waals surface area contributed by atoms with Crippen LogP contribution in [0.5, 0.6) is 0 Å². The molecule has 0 atom stereocenters. The van der Waals surface area contributed by atoms with Gasteiger partial charge in [-0.05, 0) is 12.1 Å². The molecule has 0 fully saturated rings. The van der Waals surface area contributed by atoms with Gasteiger partial charge >= 0.3 is 12.1 Å². The van der Waals surface area contributed by atoms with Crippen molar-refractivity contribution >= 4 is 23.2 Å². The lowest BCUT2D eigenvalue weighted by molar-refractivity contribution is -0.289. The molecule has 0 aliphatic carbocycles. The molecule has 11 heteroatoms. The molecular formula is C13H6ClF6N3O. The predicted molar refractivity (Wildman–Crippen MR) is 71.3 cm³/mol. The van der Waals surface area contributed by atoms with E-state index >= 15 is 0 Å². The number of nitrogens with one attached hydrogen (secondary N) is 1. The number of amides is 1. The summed E-state index contributed by atoms with van der Waals surface area (Å²) >= 11 is 5.53. The summed E-state index contributed by atoms with van der Waals surface area (Å²) in [5.74, 6) is -8.29. The van der Waals surface area contributed by atoms with Gasteiger partial charge in [0.2, 0.25) is 0 Å². The van der Waals surface area contributed by atoms with Crippen LogP contribution in [0.25, 0.3) is 0 Å². The van der Waals surface area contributed by atoms with Gasteiger partial charge in [0.25, 0.3) is 5.91 Å². The largest absolute Gasteiger partial charge is 0.458 e. The van der Waals surface area contributed by atoms with Crippen LogP contribution in [0.4, 0.5) is 32.0 Å². The third-order valence-corrected chi connectivity index (χ3v) is 2.91. The molecule has 1 aromatic carbocycles. The van der Waals surface area contributed by atoms with E-state index in [9.17, 15) is 31.1 Å². The van der Waals surface area contributed by atoms with Crippen molar-refractivity contribution in [1.29, 1.82) is 0 Å². The number of carbonyl (C=O) groups excluding carboxylic acids is 1. The number of aromatic nitrogens is 2. The molecule has 0 saturated heterocycles. The molecule has 2 rings (SSSR count). The van der Waals surface area contributed by atoms with Crippen molar-refractivity contribution < 1.29 is 32.5 Å². The van der Waals surface area contributed by atoms with Crippen LogP contribution in [-0.2, 0) is 5.92 Å². The van der Waals surface area contributed by atoms with E-state index < -0.39 is 41.0 Å². The van der Waals surface area contributed by atoms with E-state index in [1.807, 2.05) is 0 Å². The molecule has 1 N–H and O–H groups in total. The van der Waals surface area contributed by atoms with Crippen molar-refractivity contribution in [3.63, 3.8) is 0 Å². The lowest BCUT2D eigenvalue weighted by Crippen LogP contribution is -2.33. The number of nitrogens with zero attached hydrogens (tertiary/aromatic N) is 2. The minimum Gasteiger partial charge on any atom is -0.320 e. The fourth-order valence-electron chi connectivity index (χ4n) is 1.58. The molecule has 0 aliphatic rings. The van der Waals surface area contributed by atoms with E-state index in [4.69, 9.17) is 13.0 Å². The van der Waals surface area contributed by atoms with E-state index in [0.29, 0.717) is 0 Å². The van der Waals surface area contributed by atoms with Crippen molar-refractivity contribution in [3.05, 3.63) is 52.5 Å². The summed E-state index contributed by atoms with van der Waals surface area (Å²) in [6, 6.07) is -0.129. The maximum absolute atomic E-state index is 13.9. The Balaban J connectivity index is 2.38. The van der Waals surface area contributed by atoms with Gasteiger partial charge < -0.3 is 5.32 Å². The molecule has 1 heterocycles. The van der Waals surface area contributed by atoms with Crippen molar-refractivity contribution in [3.8, 4) is 0 Å². The summed E-state index contributed by atoms with van der Waals surface area (Å²) in [4.78, 5) is 11.9. The molecule has 0 saturated carbocycles. The monoisotopic (exact) mass is 370 g/mol. The summed E-state index contributed by atoms with van der Waals surface area (Å²) in [5.41, 5.74) is -2.83. The molecule has 0 bridgehead atoms. The number of rotatable bonds is 3. The van der Waals surface area contributed by atoms with Crippen LogP contribution < -0.4 is 5.32 Å². The second-order valence-corrected chi connectivity index (χ2v) is 4.79. The first kappa shape index (κ1) is 16.5. The van der Waals surface area contributed by atoms with Crippen molar-refractivity contribution in [1.82, 2.24) is 10.2 Å². The third kappa shape index (κ3) is 3.58. The van der Waals surface area contributed by atoms with Gasteiger partial charge in [0.15, 0.2) is 5.15 Å². The Morgan fingerprint density at radius 3 is 2.50 bits per heavy atom. The summed E-state index contributed by atoms with van der Waals surface area (Å²) < 4.78 is 84.8. The van der Waals surface area contributed by atoms with Crippen LogP contribution in [0, 0.1) is 5.82 Å². The highest BCUT2D eigenvalue weighted by atomic mass is 35.5. The highest BCUT2D eigenvalue weighted by Crippen LogP contribution is 2.44. The lowest BCUT2D eigenvalue weighted by atomic mass is 10.0. The Hall–Kier alpha value is -2.36. The SMILES string of the molecule is [2H]c1cc(C(=O)Nc2cnnc(Cl)c2)c(F)cc1C(F)(F)C(F)(F)F. The fourth-order valence-corrected chi connectivity index (χ4v) is 1.74. The van der Waals surface area contributed by atoms with Crippen LogP contribution in [0.3, 0.4) is 0 Å². The number of benzene rings is 1. The second-order valence-electron chi connectivity index (χ2n) is 4.40. The zero-order chi connectivity index (χ0) is 19.0. The molecule has 2 aromatic rings. The minimum atomic E-state index is -6.02. The van der Waals surface area contributed by atoms with Gasteiger partial charge in [-0.3, -0.25) is 4.79 Å².